The van der Waals surface area contributed by atoms with Crippen LogP contribution in [0.4, 0.5) is 25.2 Å². The van der Waals surface area contributed by atoms with Crippen molar-refractivity contribution in [2.75, 3.05) is 0 Å². The summed E-state index contributed by atoms with van der Waals surface area (Å²) in [7, 11) is -8.69. The SMILES string of the molecule is C1=CCC=C1.CC#N.CC(C)P(c1nc(C(C)(C)C)cn1C)C(C)C.F[P-](F)(F)(F)(F)F.[Ru+]. The van der Waals surface area contributed by atoms with Crippen molar-refractivity contribution < 1.29 is 44.7 Å². The number of rotatable bonds is 3. The van der Waals surface area contributed by atoms with E-state index < -0.39 is 7.81 Å². The van der Waals surface area contributed by atoms with E-state index in [4.69, 9.17) is 10.2 Å². The Balaban J connectivity index is -0.000000462. The van der Waals surface area contributed by atoms with Crippen LogP contribution in [0, 0.1) is 11.3 Å². The molecule has 0 unspecified atom stereocenters. The first-order chi connectivity index (χ1) is 14.0. The summed E-state index contributed by atoms with van der Waals surface area (Å²) < 4.78 is 61.4. The number of imidazole rings is 1. The molecule has 1 aromatic rings. The summed E-state index contributed by atoms with van der Waals surface area (Å²) in [4.78, 5) is 4.92. The number of aromatic nitrogens is 2. The molecule has 0 atom stereocenters. The molecule has 0 spiro atoms. The first kappa shape index (κ1) is 36.8. The molecule has 0 amide bonds. The van der Waals surface area contributed by atoms with E-state index in [1.54, 1.807) is 6.07 Å². The van der Waals surface area contributed by atoms with E-state index in [0.29, 0.717) is 11.3 Å². The summed E-state index contributed by atoms with van der Waals surface area (Å²) in [6, 6.07) is 1.75. The van der Waals surface area contributed by atoms with Gasteiger partial charge in [-0.05, 0) is 25.7 Å². The molecule has 0 fully saturated rings. The fourth-order valence-corrected chi connectivity index (χ4v) is 5.27. The quantitative estimate of drug-likeness (QED) is 0.196. The third-order valence-electron chi connectivity index (χ3n) is 3.62. The van der Waals surface area contributed by atoms with Crippen LogP contribution in [0.15, 0.2) is 30.5 Å². The van der Waals surface area contributed by atoms with E-state index in [2.05, 4.69) is 90.6 Å². The van der Waals surface area contributed by atoms with Crippen LogP contribution in [0.25, 0.3) is 0 Å². The monoisotopic (exact) mass is 608 g/mol. The van der Waals surface area contributed by atoms with Crippen molar-refractivity contribution in [2.24, 2.45) is 7.05 Å². The minimum absolute atomic E-state index is 0. The van der Waals surface area contributed by atoms with Crippen LogP contribution in [-0.2, 0) is 31.9 Å². The minimum atomic E-state index is -10.7. The van der Waals surface area contributed by atoms with Gasteiger partial charge >= 0.3 is 52.5 Å². The third kappa shape index (κ3) is 22.8. The smallest absolute Gasteiger partial charge is 1.00 e. The van der Waals surface area contributed by atoms with Crippen LogP contribution in [0.2, 0.25) is 0 Å². The zero-order valence-corrected chi connectivity index (χ0v) is 24.1. The summed E-state index contributed by atoms with van der Waals surface area (Å²) >= 11 is 0. The normalized spacial score (nSPS) is 14.6. The maximum Gasteiger partial charge on any atom is 1.00 e. The van der Waals surface area contributed by atoms with Crippen LogP contribution in [0.3, 0.4) is 0 Å². The fraction of sp³-hybridized carbons (Fsp3) is 0.619. The van der Waals surface area contributed by atoms with Crippen molar-refractivity contribution in [3.05, 3.63) is 36.2 Å². The Labute approximate surface area is 208 Å². The second kappa shape index (κ2) is 13.4. The molecule has 12 heteroatoms. The molecule has 1 heterocycles. The zero-order valence-electron chi connectivity index (χ0n) is 20.6. The maximum atomic E-state index is 9.87. The van der Waals surface area contributed by atoms with Gasteiger partial charge in [-0.2, -0.15) is 5.26 Å². The summed E-state index contributed by atoms with van der Waals surface area (Å²) in [5.41, 5.74) is 4.04. The van der Waals surface area contributed by atoms with E-state index in [1.807, 2.05) is 0 Å². The molecule has 0 bridgehead atoms. The first-order valence-electron chi connectivity index (χ1n) is 10.0. The van der Waals surface area contributed by atoms with Crippen molar-refractivity contribution in [1.29, 1.82) is 5.26 Å². The molecule has 0 saturated heterocycles. The largest absolute Gasteiger partial charge is 1.00 e. The van der Waals surface area contributed by atoms with E-state index in [0.717, 1.165) is 6.42 Å². The van der Waals surface area contributed by atoms with Crippen molar-refractivity contribution in [2.45, 2.75) is 78.5 Å². The second-order valence-electron chi connectivity index (χ2n) is 8.66. The average Bonchev–Trinajstić information content (AvgIpc) is 3.17. The van der Waals surface area contributed by atoms with E-state index >= 15 is 0 Å². The summed E-state index contributed by atoms with van der Waals surface area (Å²) in [5.74, 6) is 0. The fourth-order valence-electron chi connectivity index (χ4n) is 2.51. The Hall–Kier alpha value is -0.757. The molecule has 1 aliphatic carbocycles. The molecular weight excluding hydrogens is 571 g/mol. The summed E-state index contributed by atoms with van der Waals surface area (Å²) in [6.07, 6.45) is 11.7. The summed E-state index contributed by atoms with van der Waals surface area (Å²) in [6.45, 7) is 17.4. The van der Waals surface area contributed by atoms with Gasteiger partial charge < -0.3 is 4.57 Å². The molecule has 1 aliphatic rings. The maximum absolute atomic E-state index is 10.7. The van der Waals surface area contributed by atoms with E-state index in [-0.39, 0.29) is 32.8 Å². The van der Waals surface area contributed by atoms with Gasteiger partial charge in [-0.25, -0.2) is 4.98 Å². The molecule has 2 rings (SSSR count). The summed E-state index contributed by atoms with van der Waals surface area (Å²) in [5, 5.41) is 7.32. The van der Waals surface area contributed by atoms with Gasteiger partial charge in [0.05, 0.1) is 11.8 Å². The van der Waals surface area contributed by atoms with Crippen LogP contribution in [0.1, 0.15) is 67.5 Å². The zero-order chi connectivity index (χ0) is 26.0. The number of hydrogen-bond acceptors (Lipinski definition) is 2. The molecule has 3 nitrogen and oxygen atoms in total. The topological polar surface area (TPSA) is 41.6 Å². The van der Waals surface area contributed by atoms with Crippen molar-refractivity contribution in [1.82, 2.24) is 9.55 Å². The Kier molecular flexibility index (Phi) is 14.9. The average molecular weight is 608 g/mol. The third-order valence-corrected chi connectivity index (χ3v) is 6.72. The Bertz CT molecular complexity index is 773. The number of halogens is 6. The van der Waals surface area contributed by atoms with Crippen LogP contribution >= 0.6 is 15.7 Å². The minimum Gasteiger partial charge on any atom is 1.00 e. The van der Waals surface area contributed by atoms with Gasteiger partial charge in [0.25, 0.3) is 0 Å². The molecule has 1 aromatic heterocycles. The molecule has 0 N–H and O–H groups in total. The van der Waals surface area contributed by atoms with E-state index in [1.165, 1.54) is 18.2 Å². The molecule has 33 heavy (non-hydrogen) atoms. The van der Waals surface area contributed by atoms with Crippen LogP contribution in [0.5, 0.6) is 0 Å². The van der Waals surface area contributed by atoms with Gasteiger partial charge in [-0.15, -0.1) is 0 Å². The second-order valence-corrected chi connectivity index (χ2v) is 13.9. The Morgan fingerprint density at radius 3 is 1.52 bits per heavy atom. The number of allylic oxidation sites excluding steroid dienone is 4. The van der Waals surface area contributed by atoms with Gasteiger partial charge in [0.1, 0.15) is 5.57 Å². The Morgan fingerprint density at radius 1 is 1.00 bits per heavy atom. The van der Waals surface area contributed by atoms with Crippen LogP contribution < -0.4 is 5.57 Å². The number of nitrogens with zero attached hydrogens (tertiary/aromatic N) is 3. The van der Waals surface area contributed by atoms with Gasteiger partial charge in [-0.3, -0.25) is 0 Å². The standard InChI is InChI=1S/C14H27N2P.C5H6.C2H3N.F6P.Ru/c1-10(2)17(11(3)4)13-15-12(9-16(13)8)14(5,6)7;1-2-4-5-3-1;1-2-3;1-7(2,3,4,5)6;/h9-11H,1-8H3;1-4H,5H2;1H3;;/q;;;-1;+1. The number of aryl methyl sites for hydroxylation is 1. The van der Waals surface area contributed by atoms with Gasteiger partial charge in [0, 0.05) is 25.6 Å². The molecule has 1 radical (unpaired) electrons. The van der Waals surface area contributed by atoms with Gasteiger partial charge in [0.15, 0.2) is 0 Å². The van der Waals surface area contributed by atoms with E-state index in [9.17, 15) is 25.2 Å². The number of nitriles is 1. The molecular formula is C21H36F6N3P2Ru. The van der Waals surface area contributed by atoms with Gasteiger partial charge in [-0.1, -0.05) is 72.8 Å². The van der Waals surface area contributed by atoms with Crippen molar-refractivity contribution in [3.63, 3.8) is 0 Å². The first-order valence-corrected chi connectivity index (χ1v) is 13.5. The Morgan fingerprint density at radius 2 is 1.33 bits per heavy atom. The number of hydrogen-bond donors (Lipinski definition) is 0. The van der Waals surface area contributed by atoms with Gasteiger partial charge in [0.2, 0.25) is 0 Å². The molecule has 0 aliphatic heterocycles. The molecule has 0 saturated carbocycles. The predicted octanol–water partition coefficient (Wildman–Crippen LogP) is 9.05. The molecule has 195 valence electrons. The molecule has 0 aromatic carbocycles. The van der Waals surface area contributed by atoms with Crippen LogP contribution in [-0.4, -0.2) is 20.9 Å². The predicted molar refractivity (Wildman–Crippen MR) is 126 cm³/mol. The van der Waals surface area contributed by atoms with Crippen molar-refractivity contribution in [3.8, 4) is 6.07 Å². The van der Waals surface area contributed by atoms with Crippen molar-refractivity contribution >= 4 is 21.3 Å².